The molecular weight excluding hydrogens is 346 g/mol. The third-order valence-electron chi connectivity index (χ3n) is 2.72. The molecule has 0 aliphatic rings. The molecule has 0 heterocycles. The van der Waals surface area contributed by atoms with Crippen LogP contribution in [0.2, 0.25) is 0 Å². The highest BCUT2D eigenvalue weighted by molar-refractivity contribution is 5.86. The van der Waals surface area contributed by atoms with E-state index in [4.69, 9.17) is 5.73 Å². The first kappa shape index (κ1) is 23.9. The van der Waals surface area contributed by atoms with Gasteiger partial charge in [0.1, 0.15) is 5.82 Å². The van der Waals surface area contributed by atoms with Crippen LogP contribution < -0.4 is 16.4 Å². The molecule has 0 unspecified atom stereocenters. The standard InChI is InChI=1S/C14H21FN4O2.2ClH/c1-19(2)9-11-5-10(3-4-12(11)15)7-17-14(21)8-18-13(20)6-16;;/h3-5H,6-9,16H2,1-2H3,(H,17,21)(H,18,20);2*1H. The summed E-state index contributed by atoms with van der Waals surface area (Å²) >= 11 is 0. The Kier molecular flexibility index (Phi) is 12.5. The number of rotatable bonds is 7. The van der Waals surface area contributed by atoms with Crippen molar-refractivity contribution in [2.75, 3.05) is 27.2 Å². The van der Waals surface area contributed by atoms with Gasteiger partial charge in [-0.1, -0.05) is 6.07 Å². The van der Waals surface area contributed by atoms with E-state index in [1.807, 2.05) is 19.0 Å². The zero-order valence-corrected chi connectivity index (χ0v) is 14.7. The number of carbonyl (C=O) groups is 2. The van der Waals surface area contributed by atoms with Crippen LogP contribution in [0.25, 0.3) is 0 Å². The highest BCUT2D eigenvalue weighted by Crippen LogP contribution is 2.12. The maximum absolute atomic E-state index is 13.6. The van der Waals surface area contributed by atoms with Crippen LogP contribution in [0.15, 0.2) is 18.2 Å². The maximum Gasteiger partial charge on any atom is 0.239 e. The van der Waals surface area contributed by atoms with Gasteiger partial charge >= 0.3 is 0 Å². The molecule has 6 nitrogen and oxygen atoms in total. The van der Waals surface area contributed by atoms with Gasteiger partial charge < -0.3 is 21.3 Å². The van der Waals surface area contributed by atoms with Gasteiger partial charge in [-0.15, -0.1) is 24.8 Å². The van der Waals surface area contributed by atoms with Crippen molar-refractivity contribution in [3.05, 3.63) is 35.1 Å². The number of hydrogen-bond donors (Lipinski definition) is 3. The van der Waals surface area contributed by atoms with Crippen molar-refractivity contribution >= 4 is 36.6 Å². The number of amides is 2. The molecule has 4 N–H and O–H groups in total. The summed E-state index contributed by atoms with van der Waals surface area (Å²) in [6, 6.07) is 4.72. The van der Waals surface area contributed by atoms with Crippen molar-refractivity contribution < 1.29 is 14.0 Å². The second-order valence-corrected chi connectivity index (χ2v) is 4.92. The summed E-state index contributed by atoms with van der Waals surface area (Å²) in [6.07, 6.45) is 0. The predicted molar refractivity (Wildman–Crippen MR) is 92.2 cm³/mol. The molecule has 2 amide bonds. The van der Waals surface area contributed by atoms with Crippen LogP contribution in [0.4, 0.5) is 4.39 Å². The predicted octanol–water partition coefficient (Wildman–Crippen LogP) is 0.422. The van der Waals surface area contributed by atoms with E-state index in [0.29, 0.717) is 12.1 Å². The van der Waals surface area contributed by atoms with Crippen LogP contribution in [-0.4, -0.2) is 43.9 Å². The van der Waals surface area contributed by atoms with E-state index < -0.39 is 0 Å². The Morgan fingerprint density at radius 1 is 1.17 bits per heavy atom. The second kappa shape index (κ2) is 12.1. The smallest absolute Gasteiger partial charge is 0.239 e. The number of benzene rings is 1. The number of nitrogens with one attached hydrogen (secondary N) is 2. The van der Waals surface area contributed by atoms with E-state index in [9.17, 15) is 14.0 Å². The first-order valence-electron chi connectivity index (χ1n) is 6.58. The SMILES string of the molecule is CN(C)Cc1cc(CNC(=O)CNC(=O)CN)ccc1F.Cl.Cl. The molecule has 0 aromatic heterocycles. The molecule has 0 aliphatic carbocycles. The molecule has 23 heavy (non-hydrogen) atoms. The molecule has 0 spiro atoms. The van der Waals surface area contributed by atoms with Crippen molar-refractivity contribution in [1.29, 1.82) is 0 Å². The fourth-order valence-electron chi connectivity index (χ4n) is 1.71. The molecule has 0 bridgehead atoms. The molecule has 1 rings (SSSR count). The molecule has 0 aliphatic heterocycles. The monoisotopic (exact) mass is 368 g/mol. The molecule has 0 saturated carbocycles. The minimum Gasteiger partial charge on any atom is -0.350 e. The van der Waals surface area contributed by atoms with Crippen LogP contribution in [0.3, 0.4) is 0 Å². The fraction of sp³-hybridized carbons (Fsp3) is 0.429. The van der Waals surface area contributed by atoms with Crippen molar-refractivity contribution in [2.24, 2.45) is 5.73 Å². The average Bonchev–Trinajstić information content (AvgIpc) is 2.44. The minimum atomic E-state index is -0.389. The van der Waals surface area contributed by atoms with Crippen LogP contribution in [-0.2, 0) is 22.7 Å². The Balaban J connectivity index is 0. The van der Waals surface area contributed by atoms with Crippen LogP contribution >= 0.6 is 24.8 Å². The van der Waals surface area contributed by atoms with Gasteiger partial charge in [0.15, 0.2) is 0 Å². The Bertz CT molecular complexity index is 516. The van der Waals surface area contributed by atoms with Crippen LogP contribution in [0.5, 0.6) is 0 Å². The lowest BCUT2D eigenvalue weighted by Gasteiger charge is -2.12. The van der Waals surface area contributed by atoms with Crippen LogP contribution in [0.1, 0.15) is 11.1 Å². The van der Waals surface area contributed by atoms with Gasteiger partial charge in [-0.05, 0) is 31.8 Å². The molecule has 0 radical (unpaired) electrons. The van der Waals surface area contributed by atoms with Gasteiger partial charge in [0, 0.05) is 18.7 Å². The lowest BCUT2D eigenvalue weighted by Crippen LogP contribution is -2.39. The number of nitrogens with two attached hydrogens (primary N) is 1. The highest BCUT2D eigenvalue weighted by Gasteiger charge is 2.07. The van der Waals surface area contributed by atoms with E-state index in [2.05, 4.69) is 10.6 Å². The Labute approximate surface area is 147 Å². The van der Waals surface area contributed by atoms with Gasteiger partial charge in [0.2, 0.25) is 11.8 Å². The summed E-state index contributed by atoms with van der Waals surface area (Å²) in [6.45, 7) is 0.485. The minimum absolute atomic E-state index is 0. The summed E-state index contributed by atoms with van der Waals surface area (Å²) in [7, 11) is 3.71. The molecular formula is C14H23Cl2FN4O2. The molecule has 9 heteroatoms. The third kappa shape index (κ3) is 9.35. The molecule has 0 saturated heterocycles. The van der Waals surface area contributed by atoms with Gasteiger partial charge in [0.25, 0.3) is 0 Å². The van der Waals surface area contributed by atoms with Gasteiger partial charge in [0.05, 0.1) is 13.1 Å². The van der Waals surface area contributed by atoms with E-state index in [-0.39, 0.29) is 62.1 Å². The molecule has 1 aromatic carbocycles. The Morgan fingerprint density at radius 2 is 1.83 bits per heavy atom. The maximum atomic E-state index is 13.6. The van der Waals surface area contributed by atoms with Gasteiger partial charge in [-0.3, -0.25) is 9.59 Å². The van der Waals surface area contributed by atoms with Crippen LogP contribution in [0, 0.1) is 5.82 Å². The second-order valence-electron chi connectivity index (χ2n) is 4.92. The van der Waals surface area contributed by atoms with Gasteiger partial charge in [-0.2, -0.15) is 0 Å². The average molecular weight is 369 g/mol. The van der Waals surface area contributed by atoms with E-state index >= 15 is 0 Å². The largest absolute Gasteiger partial charge is 0.350 e. The first-order chi connectivity index (χ1) is 9.92. The third-order valence-corrected chi connectivity index (χ3v) is 2.72. The van der Waals surface area contributed by atoms with Crippen molar-refractivity contribution in [2.45, 2.75) is 13.1 Å². The zero-order chi connectivity index (χ0) is 15.8. The number of nitrogens with zero attached hydrogens (tertiary/aromatic N) is 1. The Morgan fingerprint density at radius 3 is 2.39 bits per heavy atom. The first-order valence-corrected chi connectivity index (χ1v) is 6.58. The Hall–Kier alpha value is -1.41. The topological polar surface area (TPSA) is 87.5 Å². The summed E-state index contributed by atoms with van der Waals surface area (Å²) in [5, 5.41) is 5.02. The van der Waals surface area contributed by atoms with Crippen molar-refractivity contribution in [1.82, 2.24) is 15.5 Å². The summed E-state index contributed by atoms with van der Waals surface area (Å²) in [5.74, 6) is -0.982. The van der Waals surface area contributed by atoms with E-state index in [1.54, 1.807) is 12.1 Å². The van der Waals surface area contributed by atoms with Crippen molar-refractivity contribution in [3.8, 4) is 0 Å². The highest BCUT2D eigenvalue weighted by atomic mass is 35.5. The normalized spacial score (nSPS) is 9.61. The lowest BCUT2D eigenvalue weighted by atomic mass is 10.1. The number of hydrogen-bond acceptors (Lipinski definition) is 4. The van der Waals surface area contributed by atoms with Gasteiger partial charge in [-0.25, -0.2) is 4.39 Å². The summed E-state index contributed by atoms with van der Waals surface area (Å²) in [4.78, 5) is 24.3. The molecule has 0 atom stereocenters. The molecule has 132 valence electrons. The fourth-order valence-corrected chi connectivity index (χ4v) is 1.71. The molecule has 1 aromatic rings. The summed E-state index contributed by atoms with van der Waals surface area (Å²) < 4.78 is 13.6. The lowest BCUT2D eigenvalue weighted by molar-refractivity contribution is -0.125. The van der Waals surface area contributed by atoms with Crippen molar-refractivity contribution in [3.63, 3.8) is 0 Å². The zero-order valence-electron chi connectivity index (χ0n) is 13.1. The summed E-state index contributed by atoms with van der Waals surface area (Å²) in [5.41, 5.74) is 6.48. The quantitative estimate of drug-likeness (QED) is 0.650. The van der Waals surface area contributed by atoms with E-state index in [1.165, 1.54) is 6.07 Å². The number of halogens is 3. The van der Waals surface area contributed by atoms with E-state index in [0.717, 1.165) is 5.56 Å². The molecule has 0 fully saturated rings. The number of carbonyl (C=O) groups excluding carboxylic acids is 2.